The van der Waals surface area contributed by atoms with Crippen molar-refractivity contribution in [2.75, 3.05) is 0 Å². The minimum Gasteiger partial charge on any atom is -0.507 e. The Morgan fingerprint density at radius 2 is 2.25 bits per heavy atom. The third-order valence-electron chi connectivity index (χ3n) is 2.00. The second-order valence-electron chi connectivity index (χ2n) is 2.79. The Kier molecular flexibility index (Phi) is 1.33. The summed E-state index contributed by atoms with van der Waals surface area (Å²) in [6.07, 6.45) is -0.236. The number of hydrogen-bond donors (Lipinski definition) is 1. The molecule has 2 rings (SSSR count). The van der Waals surface area contributed by atoms with Crippen LogP contribution in [0.4, 0.5) is 0 Å². The third-order valence-corrected chi connectivity index (χ3v) is 2.00. The van der Waals surface area contributed by atoms with Crippen LogP contribution in [0.25, 0.3) is 0 Å². The fourth-order valence-electron chi connectivity index (χ4n) is 1.40. The lowest BCUT2D eigenvalue weighted by Crippen LogP contribution is -1.94. The van der Waals surface area contributed by atoms with Gasteiger partial charge in [0.25, 0.3) is 0 Å². The molecule has 12 heavy (non-hydrogen) atoms. The maximum absolute atomic E-state index is 11.1. The number of ether oxygens (including phenoxy) is 1. The number of cyclic esters (lactones) is 1. The Balaban J connectivity index is 2.67. The second-order valence-corrected chi connectivity index (χ2v) is 2.79. The van der Waals surface area contributed by atoms with E-state index < -0.39 is 5.97 Å². The van der Waals surface area contributed by atoms with E-state index in [9.17, 15) is 9.90 Å². The van der Waals surface area contributed by atoms with E-state index >= 15 is 0 Å². The summed E-state index contributed by atoms with van der Waals surface area (Å²) in [6.45, 7) is 1.78. The van der Waals surface area contributed by atoms with Gasteiger partial charge in [-0.25, -0.2) is 4.79 Å². The summed E-state index contributed by atoms with van der Waals surface area (Å²) in [7, 11) is 0. The molecule has 62 valence electrons. The van der Waals surface area contributed by atoms with Crippen LogP contribution >= 0.6 is 0 Å². The molecule has 1 aromatic carbocycles. The molecule has 0 unspecified atom stereocenters. The lowest BCUT2D eigenvalue weighted by atomic mass is 10.1. The van der Waals surface area contributed by atoms with Crippen LogP contribution < -0.4 is 0 Å². The molecule has 0 amide bonds. The Morgan fingerprint density at radius 1 is 1.50 bits per heavy atom. The zero-order valence-electron chi connectivity index (χ0n) is 6.57. The molecule has 0 spiro atoms. The predicted octanol–water partition coefficient (Wildman–Crippen LogP) is 1.62. The van der Waals surface area contributed by atoms with Gasteiger partial charge in [0, 0.05) is 5.56 Å². The van der Waals surface area contributed by atoms with Crippen LogP contribution in [0.3, 0.4) is 0 Å². The number of benzene rings is 1. The predicted molar refractivity (Wildman–Crippen MR) is 41.9 cm³/mol. The lowest BCUT2D eigenvalue weighted by Gasteiger charge is -2.00. The van der Waals surface area contributed by atoms with Crippen LogP contribution in [0, 0.1) is 0 Å². The van der Waals surface area contributed by atoms with Crippen molar-refractivity contribution >= 4 is 5.97 Å². The van der Waals surface area contributed by atoms with Crippen molar-refractivity contribution in [3.8, 4) is 5.75 Å². The number of hydrogen-bond acceptors (Lipinski definition) is 3. The van der Waals surface area contributed by atoms with Crippen molar-refractivity contribution in [3.63, 3.8) is 0 Å². The average Bonchev–Trinajstić information content (AvgIpc) is 2.29. The molecule has 1 atom stereocenters. The first-order chi connectivity index (χ1) is 5.70. The van der Waals surface area contributed by atoms with Gasteiger partial charge in [-0.2, -0.15) is 0 Å². The van der Waals surface area contributed by atoms with Crippen molar-refractivity contribution in [1.29, 1.82) is 0 Å². The monoisotopic (exact) mass is 164 g/mol. The van der Waals surface area contributed by atoms with E-state index in [4.69, 9.17) is 4.74 Å². The summed E-state index contributed by atoms with van der Waals surface area (Å²) >= 11 is 0. The van der Waals surface area contributed by atoms with E-state index in [2.05, 4.69) is 0 Å². The van der Waals surface area contributed by atoms with E-state index in [1.807, 2.05) is 0 Å². The zero-order valence-corrected chi connectivity index (χ0v) is 6.57. The normalized spacial score (nSPS) is 20.4. The first-order valence-corrected chi connectivity index (χ1v) is 3.73. The molecule has 0 fully saturated rings. The van der Waals surface area contributed by atoms with Crippen molar-refractivity contribution in [1.82, 2.24) is 0 Å². The largest absolute Gasteiger partial charge is 0.507 e. The molecule has 1 aromatic rings. The molecule has 3 nitrogen and oxygen atoms in total. The molecular formula is C9H8O3. The summed E-state index contributed by atoms with van der Waals surface area (Å²) in [5.41, 5.74) is 1.07. The molecule has 0 radical (unpaired) electrons. The van der Waals surface area contributed by atoms with E-state index in [0.29, 0.717) is 5.56 Å². The molecule has 1 N–H and O–H groups in total. The van der Waals surface area contributed by atoms with Crippen molar-refractivity contribution in [3.05, 3.63) is 29.3 Å². The SMILES string of the molecule is C[C@H]1OC(=O)c2c(O)cccc21. The summed E-state index contributed by atoms with van der Waals surface area (Å²) in [5.74, 6) is -0.433. The van der Waals surface area contributed by atoms with Crippen molar-refractivity contribution < 1.29 is 14.6 Å². The van der Waals surface area contributed by atoms with Gasteiger partial charge in [0.15, 0.2) is 0 Å². The molecule has 1 aliphatic heterocycles. The van der Waals surface area contributed by atoms with Gasteiger partial charge in [0.1, 0.15) is 17.4 Å². The molecule has 1 aliphatic rings. The number of esters is 1. The highest BCUT2D eigenvalue weighted by atomic mass is 16.5. The highest BCUT2D eigenvalue weighted by Crippen LogP contribution is 2.34. The van der Waals surface area contributed by atoms with Gasteiger partial charge >= 0.3 is 5.97 Å². The number of carbonyl (C=O) groups is 1. The number of fused-ring (bicyclic) bond motifs is 1. The smallest absolute Gasteiger partial charge is 0.342 e. The van der Waals surface area contributed by atoms with Gasteiger partial charge in [-0.1, -0.05) is 12.1 Å². The quantitative estimate of drug-likeness (QED) is 0.592. The van der Waals surface area contributed by atoms with Crippen LogP contribution in [0.15, 0.2) is 18.2 Å². The van der Waals surface area contributed by atoms with Crippen molar-refractivity contribution in [2.45, 2.75) is 13.0 Å². The summed E-state index contributed by atoms with van der Waals surface area (Å²) in [6, 6.07) is 4.97. The van der Waals surface area contributed by atoms with Gasteiger partial charge in [0.05, 0.1) is 0 Å². The molecule has 1 heterocycles. The fraction of sp³-hybridized carbons (Fsp3) is 0.222. The lowest BCUT2D eigenvalue weighted by molar-refractivity contribution is 0.0420. The second kappa shape index (κ2) is 2.24. The number of rotatable bonds is 0. The first kappa shape index (κ1) is 7.16. The number of carbonyl (C=O) groups excluding carboxylic acids is 1. The molecule has 0 saturated carbocycles. The van der Waals surface area contributed by atoms with E-state index in [1.54, 1.807) is 19.1 Å². The van der Waals surface area contributed by atoms with Gasteiger partial charge in [-0.15, -0.1) is 0 Å². The molecule has 0 aliphatic carbocycles. The van der Waals surface area contributed by atoms with E-state index in [-0.39, 0.29) is 11.9 Å². The Bertz CT molecular complexity index is 344. The summed E-state index contributed by atoms with van der Waals surface area (Å²) in [5, 5.41) is 9.32. The van der Waals surface area contributed by atoms with Gasteiger partial charge in [-0.05, 0) is 13.0 Å². The zero-order chi connectivity index (χ0) is 8.72. The van der Waals surface area contributed by atoms with Crippen LogP contribution in [0.2, 0.25) is 0 Å². The van der Waals surface area contributed by atoms with Gasteiger partial charge in [-0.3, -0.25) is 0 Å². The molecule has 3 heteroatoms. The topological polar surface area (TPSA) is 46.5 Å². The summed E-state index contributed by atoms with van der Waals surface area (Å²) in [4.78, 5) is 11.1. The van der Waals surface area contributed by atoms with Gasteiger partial charge < -0.3 is 9.84 Å². The molecule has 0 aromatic heterocycles. The van der Waals surface area contributed by atoms with Crippen LogP contribution in [-0.4, -0.2) is 11.1 Å². The standard InChI is InChI=1S/C9H8O3/c1-5-6-3-2-4-7(10)8(6)9(11)12-5/h2-5,10H,1H3/t5-/m1/s1. The maximum atomic E-state index is 11.1. The highest BCUT2D eigenvalue weighted by Gasteiger charge is 2.30. The minimum absolute atomic E-state index is 0.00171. The maximum Gasteiger partial charge on any atom is 0.342 e. The van der Waals surface area contributed by atoms with Crippen LogP contribution in [0.5, 0.6) is 5.75 Å². The number of phenolic OH excluding ortho intramolecular Hbond substituents is 1. The molecule has 0 bridgehead atoms. The summed E-state index contributed by atoms with van der Waals surface area (Å²) < 4.78 is 4.91. The third kappa shape index (κ3) is 0.794. The Labute approximate surface area is 69.6 Å². The Hall–Kier alpha value is -1.51. The molecular weight excluding hydrogens is 156 g/mol. The Morgan fingerprint density at radius 3 is 2.92 bits per heavy atom. The van der Waals surface area contributed by atoms with Crippen LogP contribution in [-0.2, 0) is 4.74 Å². The number of aromatic hydroxyl groups is 1. The fourth-order valence-corrected chi connectivity index (χ4v) is 1.40. The van der Waals surface area contributed by atoms with E-state index in [0.717, 1.165) is 5.56 Å². The average molecular weight is 164 g/mol. The van der Waals surface area contributed by atoms with Gasteiger partial charge in [0.2, 0.25) is 0 Å². The molecule has 0 saturated heterocycles. The highest BCUT2D eigenvalue weighted by molar-refractivity contribution is 5.96. The van der Waals surface area contributed by atoms with Crippen LogP contribution in [0.1, 0.15) is 28.9 Å². The number of phenols is 1. The van der Waals surface area contributed by atoms with E-state index in [1.165, 1.54) is 6.07 Å². The first-order valence-electron chi connectivity index (χ1n) is 3.73. The minimum atomic E-state index is -0.435. The van der Waals surface area contributed by atoms with Crippen molar-refractivity contribution in [2.24, 2.45) is 0 Å².